The van der Waals surface area contributed by atoms with Crippen molar-refractivity contribution in [3.8, 4) is 11.5 Å². The van der Waals surface area contributed by atoms with Crippen molar-refractivity contribution >= 4 is 49.9 Å². The normalized spacial score (nSPS) is 12.8. The lowest BCUT2D eigenvalue weighted by molar-refractivity contribution is -0.137. The molecule has 14 heteroatoms. The summed E-state index contributed by atoms with van der Waals surface area (Å²) in [5, 5.41) is 5.97. The molecule has 0 saturated heterocycles. The average Bonchev–Trinajstić information content (AvgIpc) is 3.23. The molecule has 4 aromatic rings. The van der Waals surface area contributed by atoms with Gasteiger partial charge in [0.2, 0.25) is 5.91 Å². The van der Waals surface area contributed by atoms with Gasteiger partial charge in [-0.25, -0.2) is 18.4 Å². The first-order valence-electron chi connectivity index (χ1n) is 11.5. The van der Waals surface area contributed by atoms with Crippen LogP contribution in [0.15, 0.2) is 61.1 Å². The number of halogens is 4. The predicted octanol–water partition coefficient (Wildman–Crippen LogP) is 5.19. The quantitative estimate of drug-likeness (QED) is 0.279. The zero-order valence-corrected chi connectivity index (χ0v) is 22.2. The van der Waals surface area contributed by atoms with E-state index in [9.17, 15) is 26.4 Å². The number of anilines is 2. The molecule has 0 bridgehead atoms. The number of aromatic nitrogens is 3. The number of benzene rings is 2. The van der Waals surface area contributed by atoms with E-state index < -0.39 is 39.3 Å². The Balaban J connectivity index is 1.51. The Morgan fingerprint density at radius 3 is 2.62 bits per heavy atom. The smallest absolute Gasteiger partial charge is 0.416 e. The van der Waals surface area contributed by atoms with E-state index >= 15 is 0 Å². The Bertz CT molecular complexity index is 1630. The predicted molar refractivity (Wildman–Crippen MR) is 141 cm³/mol. The van der Waals surface area contributed by atoms with Gasteiger partial charge in [0, 0.05) is 30.7 Å². The number of hydrogen-bond donors (Lipinski definition) is 2. The lowest BCUT2D eigenvalue weighted by Crippen LogP contribution is -2.38. The van der Waals surface area contributed by atoms with Crippen molar-refractivity contribution in [2.24, 2.45) is 0 Å². The number of hydrogen-bond acceptors (Lipinski definition) is 7. The van der Waals surface area contributed by atoms with E-state index in [1.54, 1.807) is 31.3 Å². The maximum Gasteiger partial charge on any atom is 0.416 e. The van der Waals surface area contributed by atoms with Crippen LogP contribution >= 0.6 is 11.6 Å². The van der Waals surface area contributed by atoms with Gasteiger partial charge in [0.25, 0.3) is 0 Å². The van der Waals surface area contributed by atoms with E-state index in [1.165, 1.54) is 24.5 Å². The first kappa shape index (κ1) is 28.2. The summed E-state index contributed by atoms with van der Waals surface area (Å²) in [7, 11) is -3.45. The number of fused-ring (bicyclic) bond motifs is 1. The largest absolute Gasteiger partial charge is 0.456 e. The van der Waals surface area contributed by atoms with E-state index in [1.807, 2.05) is 4.57 Å². The van der Waals surface area contributed by atoms with E-state index in [-0.39, 0.29) is 16.5 Å². The minimum Gasteiger partial charge on any atom is -0.456 e. The molecule has 0 aliphatic carbocycles. The summed E-state index contributed by atoms with van der Waals surface area (Å²) in [5.41, 5.74) is 0.938. The molecule has 1 atom stereocenters. The van der Waals surface area contributed by atoms with Crippen molar-refractivity contribution in [1.82, 2.24) is 19.9 Å². The molecule has 0 aliphatic heterocycles. The van der Waals surface area contributed by atoms with E-state index in [0.717, 1.165) is 18.4 Å². The molecule has 0 unspecified atom stereocenters. The van der Waals surface area contributed by atoms with Crippen LogP contribution in [0, 0.1) is 0 Å². The molecule has 39 heavy (non-hydrogen) atoms. The molecule has 0 radical (unpaired) electrons. The minimum atomic E-state index is -4.50. The first-order valence-corrected chi connectivity index (χ1v) is 13.9. The van der Waals surface area contributed by atoms with Gasteiger partial charge in [0.05, 0.1) is 16.1 Å². The van der Waals surface area contributed by atoms with Gasteiger partial charge >= 0.3 is 6.18 Å². The van der Waals surface area contributed by atoms with E-state index in [2.05, 4.69) is 20.6 Å². The Kier molecular flexibility index (Phi) is 8.02. The molecule has 0 saturated carbocycles. The Labute approximate surface area is 226 Å². The lowest BCUT2D eigenvalue weighted by atomic mass is 10.2. The number of amides is 1. The summed E-state index contributed by atoms with van der Waals surface area (Å²) in [5.74, 6) is -0.620. The number of rotatable bonds is 9. The number of nitrogens with one attached hydrogen (secondary N) is 2. The highest BCUT2D eigenvalue weighted by atomic mass is 35.5. The highest BCUT2D eigenvalue weighted by Crippen LogP contribution is 2.36. The molecule has 206 valence electrons. The van der Waals surface area contributed by atoms with Gasteiger partial charge in [0.15, 0.2) is 15.7 Å². The molecule has 0 aliphatic rings. The fourth-order valence-corrected chi connectivity index (χ4v) is 4.61. The third-order valence-electron chi connectivity index (χ3n) is 5.41. The molecular formula is C25H23ClF3N5O4S. The van der Waals surface area contributed by atoms with Crippen molar-refractivity contribution < 1.29 is 31.1 Å². The molecule has 2 aromatic heterocycles. The maximum atomic E-state index is 13.0. The van der Waals surface area contributed by atoms with Crippen LogP contribution in [-0.2, 0) is 27.4 Å². The summed E-state index contributed by atoms with van der Waals surface area (Å²) in [6.45, 7) is 2.05. The summed E-state index contributed by atoms with van der Waals surface area (Å²) >= 11 is 6.36. The van der Waals surface area contributed by atoms with E-state index in [0.29, 0.717) is 29.1 Å². The van der Waals surface area contributed by atoms with Crippen molar-refractivity contribution in [1.29, 1.82) is 0 Å². The molecule has 2 heterocycles. The number of carbonyl (C=O) groups is 1. The maximum absolute atomic E-state index is 13.0. The van der Waals surface area contributed by atoms with Crippen LogP contribution in [0.4, 0.5) is 24.7 Å². The molecular weight excluding hydrogens is 559 g/mol. The average molecular weight is 582 g/mol. The second kappa shape index (κ2) is 11.1. The number of ether oxygens (including phenoxy) is 1. The van der Waals surface area contributed by atoms with Crippen molar-refractivity contribution in [3.05, 3.63) is 71.6 Å². The number of alkyl halides is 3. The minimum absolute atomic E-state index is 0.0134. The van der Waals surface area contributed by atoms with Crippen LogP contribution in [0.3, 0.4) is 0 Å². The van der Waals surface area contributed by atoms with Crippen LogP contribution in [0.1, 0.15) is 12.5 Å². The fraction of sp³-hybridized carbons (Fsp3) is 0.240. The highest BCUT2D eigenvalue weighted by Gasteiger charge is 2.30. The topological polar surface area (TPSA) is 115 Å². The van der Waals surface area contributed by atoms with Gasteiger partial charge in [-0.1, -0.05) is 17.7 Å². The van der Waals surface area contributed by atoms with Gasteiger partial charge in [-0.2, -0.15) is 13.2 Å². The SMILES string of the molecule is C[C@H](Cn1ccc2ncnc(Nc3ccc(Oc4cccc(C(F)(F)F)c4)c(Cl)c3)c21)NC(=O)CS(C)(=O)=O. The van der Waals surface area contributed by atoms with Crippen LogP contribution < -0.4 is 15.4 Å². The van der Waals surface area contributed by atoms with Gasteiger partial charge in [-0.3, -0.25) is 4.79 Å². The van der Waals surface area contributed by atoms with Gasteiger partial charge in [-0.05, 0) is 49.4 Å². The van der Waals surface area contributed by atoms with E-state index in [4.69, 9.17) is 16.3 Å². The zero-order chi connectivity index (χ0) is 28.4. The van der Waals surface area contributed by atoms with Crippen molar-refractivity contribution in [2.45, 2.75) is 25.7 Å². The second-order valence-corrected chi connectivity index (χ2v) is 11.4. The fourth-order valence-electron chi connectivity index (χ4n) is 3.83. The lowest BCUT2D eigenvalue weighted by Gasteiger charge is -2.17. The van der Waals surface area contributed by atoms with Crippen molar-refractivity contribution in [2.75, 3.05) is 17.3 Å². The summed E-state index contributed by atoms with van der Waals surface area (Å²) in [6, 6.07) is 10.5. The molecule has 2 aromatic carbocycles. The molecule has 0 fully saturated rings. The molecule has 1 amide bonds. The Morgan fingerprint density at radius 2 is 1.92 bits per heavy atom. The summed E-state index contributed by atoms with van der Waals surface area (Å²) in [6.07, 6.45) is -0.374. The van der Waals surface area contributed by atoms with Crippen LogP contribution in [-0.4, -0.2) is 46.9 Å². The third kappa shape index (κ3) is 7.39. The van der Waals surface area contributed by atoms with Gasteiger partial charge in [0.1, 0.15) is 29.1 Å². The zero-order valence-electron chi connectivity index (χ0n) is 20.7. The molecule has 2 N–H and O–H groups in total. The Hall–Kier alpha value is -3.84. The monoisotopic (exact) mass is 581 g/mol. The Morgan fingerprint density at radius 1 is 1.15 bits per heavy atom. The third-order valence-corrected chi connectivity index (χ3v) is 6.49. The molecule has 9 nitrogen and oxygen atoms in total. The summed E-state index contributed by atoms with van der Waals surface area (Å²) in [4.78, 5) is 20.6. The number of sulfone groups is 1. The summed E-state index contributed by atoms with van der Waals surface area (Å²) < 4.78 is 69.1. The van der Waals surface area contributed by atoms with Crippen LogP contribution in [0.25, 0.3) is 11.0 Å². The molecule has 4 rings (SSSR count). The molecule has 0 spiro atoms. The number of nitrogens with zero attached hydrogens (tertiary/aromatic N) is 3. The van der Waals surface area contributed by atoms with Gasteiger partial charge in [-0.15, -0.1) is 0 Å². The number of carbonyl (C=O) groups excluding carboxylic acids is 1. The standard InChI is InChI=1S/C25H23ClF3N5O4S/c1-15(32-22(35)13-39(2,36)37)12-34-9-8-20-23(34)24(31-14-30-20)33-17-6-7-21(19(26)11-17)38-18-5-3-4-16(10-18)25(27,28)29/h3-11,14-15H,12-13H2,1-2H3,(H,32,35)(H,30,31,33)/t15-/m1/s1. The second-order valence-electron chi connectivity index (χ2n) is 8.86. The highest BCUT2D eigenvalue weighted by molar-refractivity contribution is 7.91. The van der Waals surface area contributed by atoms with Crippen LogP contribution in [0.2, 0.25) is 5.02 Å². The van der Waals surface area contributed by atoms with Crippen molar-refractivity contribution in [3.63, 3.8) is 0 Å². The van der Waals surface area contributed by atoms with Gasteiger partial charge < -0.3 is 19.9 Å². The first-order chi connectivity index (χ1) is 18.3. The van der Waals surface area contributed by atoms with Crippen LogP contribution in [0.5, 0.6) is 11.5 Å².